The average molecular weight is 354 g/mol. The Morgan fingerprint density at radius 2 is 1.45 bits per heavy atom. The maximum absolute atomic E-state index is 4.79. The number of hydrogen-bond donors (Lipinski definition) is 0. The van der Waals surface area contributed by atoms with Crippen molar-refractivity contribution in [3.05, 3.63) is 76.8 Å². The molecular formula is C20H20BrN. The Labute approximate surface area is 141 Å². The summed E-state index contributed by atoms with van der Waals surface area (Å²) >= 11 is 3.59. The van der Waals surface area contributed by atoms with Crippen LogP contribution in [0.25, 0.3) is 22.5 Å². The van der Waals surface area contributed by atoms with Crippen molar-refractivity contribution in [3.8, 4) is 22.5 Å². The quantitative estimate of drug-likeness (QED) is 0.511. The Morgan fingerprint density at radius 3 is 2.18 bits per heavy atom. The predicted molar refractivity (Wildman–Crippen MR) is 98.9 cm³/mol. The third-order valence-corrected chi connectivity index (χ3v) is 3.90. The van der Waals surface area contributed by atoms with Crippen molar-refractivity contribution in [1.82, 2.24) is 4.98 Å². The van der Waals surface area contributed by atoms with Crippen LogP contribution in [0, 0.1) is 6.92 Å². The van der Waals surface area contributed by atoms with E-state index in [1.807, 2.05) is 38.1 Å². The summed E-state index contributed by atoms with van der Waals surface area (Å²) in [6, 6.07) is 22.7. The van der Waals surface area contributed by atoms with Gasteiger partial charge in [-0.05, 0) is 31.2 Å². The monoisotopic (exact) mass is 353 g/mol. The molecular weight excluding hydrogens is 334 g/mol. The van der Waals surface area contributed by atoms with Crippen molar-refractivity contribution >= 4 is 15.9 Å². The first kappa shape index (κ1) is 16.4. The number of halogens is 1. The van der Waals surface area contributed by atoms with Crippen molar-refractivity contribution in [2.75, 3.05) is 0 Å². The van der Waals surface area contributed by atoms with Gasteiger partial charge in [-0.1, -0.05) is 77.8 Å². The van der Waals surface area contributed by atoms with Crippen LogP contribution in [0.5, 0.6) is 0 Å². The van der Waals surface area contributed by atoms with Gasteiger partial charge in [0.15, 0.2) is 0 Å². The second-order valence-corrected chi connectivity index (χ2v) is 5.61. The summed E-state index contributed by atoms with van der Waals surface area (Å²) in [4.78, 5) is 4.79. The van der Waals surface area contributed by atoms with Gasteiger partial charge in [-0.25, -0.2) is 4.98 Å². The van der Waals surface area contributed by atoms with Gasteiger partial charge < -0.3 is 0 Å². The van der Waals surface area contributed by atoms with E-state index in [0.717, 1.165) is 27.0 Å². The van der Waals surface area contributed by atoms with E-state index in [1.165, 1.54) is 5.56 Å². The zero-order valence-corrected chi connectivity index (χ0v) is 14.8. The van der Waals surface area contributed by atoms with Gasteiger partial charge in [0, 0.05) is 15.6 Å². The van der Waals surface area contributed by atoms with E-state index in [9.17, 15) is 0 Å². The van der Waals surface area contributed by atoms with Crippen LogP contribution in [0.3, 0.4) is 0 Å². The lowest BCUT2D eigenvalue weighted by Crippen LogP contribution is -1.89. The largest absolute Gasteiger partial charge is 0.248 e. The molecule has 3 rings (SSSR count). The van der Waals surface area contributed by atoms with Crippen LogP contribution in [0.1, 0.15) is 19.4 Å². The topological polar surface area (TPSA) is 12.9 Å². The maximum Gasteiger partial charge on any atom is 0.0720 e. The van der Waals surface area contributed by atoms with E-state index in [4.69, 9.17) is 4.98 Å². The van der Waals surface area contributed by atoms with Crippen LogP contribution in [-0.2, 0) is 0 Å². The molecule has 0 aliphatic carbocycles. The van der Waals surface area contributed by atoms with Crippen molar-refractivity contribution in [2.45, 2.75) is 20.8 Å². The number of benzene rings is 2. The van der Waals surface area contributed by atoms with Gasteiger partial charge in [-0.3, -0.25) is 0 Å². The van der Waals surface area contributed by atoms with Crippen LogP contribution in [0.4, 0.5) is 0 Å². The summed E-state index contributed by atoms with van der Waals surface area (Å²) in [5, 5.41) is 0. The van der Waals surface area contributed by atoms with Crippen LogP contribution < -0.4 is 0 Å². The summed E-state index contributed by atoms with van der Waals surface area (Å²) in [5.74, 6) is 0. The Balaban J connectivity index is 0.000000847. The second-order valence-electron chi connectivity index (χ2n) is 4.76. The molecule has 0 spiro atoms. The molecule has 112 valence electrons. The molecule has 0 aliphatic rings. The van der Waals surface area contributed by atoms with Crippen LogP contribution in [-0.4, -0.2) is 4.98 Å². The number of hydrogen-bond acceptors (Lipinski definition) is 1. The molecule has 3 aromatic rings. The minimum atomic E-state index is 0.983. The molecule has 0 unspecified atom stereocenters. The molecule has 0 saturated heterocycles. The van der Waals surface area contributed by atoms with Gasteiger partial charge in [-0.15, -0.1) is 0 Å². The Hall–Kier alpha value is -1.93. The van der Waals surface area contributed by atoms with Crippen molar-refractivity contribution < 1.29 is 0 Å². The number of rotatable bonds is 2. The van der Waals surface area contributed by atoms with Crippen LogP contribution in [0.2, 0.25) is 0 Å². The van der Waals surface area contributed by atoms with E-state index >= 15 is 0 Å². The molecule has 0 atom stereocenters. The fourth-order valence-electron chi connectivity index (χ4n) is 2.22. The lowest BCUT2D eigenvalue weighted by molar-refractivity contribution is 1.31. The molecule has 0 aliphatic heterocycles. The molecule has 0 radical (unpaired) electrons. The molecule has 0 bridgehead atoms. The average Bonchev–Trinajstić information content (AvgIpc) is 2.57. The molecule has 1 nitrogen and oxygen atoms in total. The first-order chi connectivity index (χ1) is 10.7. The zero-order valence-electron chi connectivity index (χ0n) is 13.2. The first-order valence-corrected chi connectivity index (χ1v) is 8.32. The van der Waals surface area contributed by atoms with Crippen molar-refractivity contribution in [1.29, 1.82) is 0 Å². The van der Waals surface area contributed by atoms with Crippen LogP contribution >= 0.6 is 15.9 Å². The number of aryl methyl sites for hydroxylation is 1. The van der Waals surface area contributed by atoms with Crippen LogP contribution in [0.15, 0.2) is 71.2 Å². The summed E-state index contributed by atoms with van der Waals surface area (Å²) in [7, 11) is 0. The van der Waals surface area contributed by atoms with E-state index in [0.29, 0.717) is 0 Å². The highest BCUT2D eigenvalue weighted by Gasteiger charge is 2.06. The molecule has 2 heteroatoms. The Morgan fingerprint density at radius 1 is 0.773 bits per heavy atom. The van der Waals surface area contributed by atoms with Gasteiger partial charge in [0.1, 0.15) is 0 Å². The minimum absolute atomic E-state index is 0.983. The normalized spacial score (nSPS) is 9.82. The summed E-state index contributed by atoms with van der Waals surface area (Å²) in [6.45, 7) is 6.10. The van der Waals surface area contributed by atoms with Gasteiger partial charge in [0.25, 0.3) is 0 Å². The molecule has 1 heterocycles. The summed E-state index contributed by atoms with van der Waals surface area (Å²) in [5.41, 5.74) is 5.50. The third-order valence-electron chi connectivity index (χ3n) is 3.21. The minimum Gasteiger partial charge on any atom is -0.248 e. The van der Waals surface area contributed by atoms with E-state index in [-0.39, 0.29) is 0 Å². The lowest BCUT2D eigenvalue weighted by Gasteiger charge is -2.07. The maximum atomic E-state index is 4.79. The summed E-state index contributed by atoms with van der Waals surface area (Å²) in [6.07, 6.45) is 0. The standard InChI is InChI=1S/C18H14BrN.C2H6/c1-13-6-4-7-14(12-13)17-10-5-11-18(20-17)15-8-2-3-9-16(15)19;1-2/h2-12H,1H3;1-2H3. The van der Waals surface area contributed by atoms with Crippen molar-refractivity contribution in [2.24, 2.45) is 0 Å². The molecule has 0 saturated carbocycles. The predicted octanol–water partition coefficient (Wildman–Crippen LogP) is 6.51. The number of aromatic nitrogens is 1. The smallest absolute Gasteiger partial charge is 0.0720 e. The SMILES string of the molecule is CC.Cc1cccc(-c2cccc(-c3ccccc3Br)n2)c1. The highest BCUT2D eigenvalue weighted by Crippen LogP contribution is 2.28. The number of nitrogens with zero attached hydrogens (tertiary/aromatic N) is 1. The Bertz CT molecular complexity index is 750. The molecule has 0 fully saturated rings. The van der Waals surface area contributed by atoms with Gasteiger partial charge in [-0.2, -0.15) is 0 Å². The fraction of sp³-hybridized carbons (Fsp3) is 0.150. The van der Waals surface area contributed by atoms with Gasteiger partial charge in [0.05, 0.1) is 11.4 Å². The second kappa shape index (κ2) is 7.90. The lowest BCUT2D eigenvalue weighted by atomic mass is 10.1. The highest BCUT2D eigenvalue weighted by molar-refractivity contribution is 9.10. The highest BCUT2D eigenvalue weighted by atomic mass is 79.9. The molecule has 22 heavy (non-hydrogen) atoms. The molecule has 2 aromatic carbocycles. The first-order valence-electron chi connectivity index (χ1n) is 7.53. The van der Waals surface area contributed by atoms with E-state index in [2.05, 4.69) is 65.3 Å². The molecule has 0 N–H and O–H groups in total. The van der Waals surface area contributed by atoms with E-state index < -0.39 is 0 Å². The van der Waals surface area contributed by atoms with Crippen molar-refractivity contribution in [3.63, 3.8) is 0 Å². The van der Waals surface area contributed by atoms with Gasteiger partial charge in [0.2, 0.25) is 0 Å². The van der Waals surface area contributed by atoms with Gasteiger partial charge >= 0.3 is 0 Å². The number of pyridine rings is 1. The fourth-order valence-corrected chi connectivity index (χ4v) is 2.71. The molecule has 0 amide bonds. The third kappa shape index (κ3) is 3.83. The van der Waals surface area contributed by atoms with E-state index in [1.54, 1.807) is 0 Å². The molecule has 1 aromatic heterocycles. The Kier molecular flexibility index (Phi) is 5.91. The summed E-state index contributed by atoms with van der Waals surface area (Å²) < 4.78 is 1.06. The zero-order chi connectivity index (χ0) is 15.9.